The smallest absolute Gasteiger partial charge is 0.135 e. The van der Waals surface area contributed by atoms with Crippen molar-refractivity contribution in [3.63, 3.8) is 0 Å². The molecule has 3 aromatic rings. The highest BCUT2D eigenvalue weighted by Crippen LogP contribution is 2.32. The molecule has 0 fully saturated rings. The minimum Gasteiger partial charge on any atom is -0.457 e. The third-order valence-electron chi connectivity index (χ3n) is 2.88. The number of rotatable bonds is 3. The van der Waals surface area contributed by atoms with Crippen LogP contribution in [-0.4, -0.2) is 0 Å². The molecule has 3 rings (SSSR count). The zero-order chi connectivity index (χ0) is 12.9. The fourth-order valence-corrected chi connectivity index (χ4v) is 1.98. The molecule has 0 aliphatic carbocycles. The molecule has 0 aromatic heterocycles. The predicted octanol–water partition coefficient (Wildman–Crippen LogP) is 4.95. The Morgan fingerprint density at radius 2 is 1.53 bits per heavy atom. The molecule has 0 bridgehead atoms. The van der Waals surface area contributed by atoms with E-state index in [0.717, 1.165) is 22.6 Å². The Bertz CT molecular complexity index is 645. The quantitative estimate of drug-likeness (QED) is 0.634. The highest BCUT2D eigenvalue weighted by Gasteiger charge is 2.05. The molecule has 91 valence electrons. The van der Waals surface area contributed by atoms with E-state index in [-0.39, 0.29) is 0 Å². The topological polar surface area (TPSA) is 9.23 Å². The zero-order valence-electron chi connectivity index (χ0n) is 10.4. The summed E-state index contributed by atoms with van der Waals surface area (Å²) in [5.41, 5.74) is 2.24. The lowest BCUT2D eigenvalue weighted by atomic mass is 10.1. The molecule has 19 heavy (non-hydrogen) atoms. The van der Waals surface area contributed by atoms with Gasteiger partial charge in [0.1, 0.15) is 11.5 Å². The molecular formula is C18H13O. The van der Waals surface area contributed by atoms with Crippen molar-refractivity contribution in [3.8, 4) is 22.6 Å². The first kappa shape index (κ1) is 11.5. The van der Waals surface area contributed by atoms with Crippen molar-refractivity contribution in [1.29, 1.82) is 0 Å². The summed E-state index contributed by atoms with van der Waals surface area (Å²) in [6.45, 7) is 0. The SMILES string of the molecule is [c]1cccc(Oc2ccccc2-c2ccccc2)c1. The van der Waals surface area contributed by atoms with E-state index in [0.29, 0.717) is 0 Å². The van der Waals surface area contributed by atoms with Crippen LogP contribution >= 0.6 is 0 Å². The van der Waals surface area contributed by atoms with Crippen LogP contribution in [0.3, 0.4) is 0 Å². The second kappa shape index (κ2) is 5.40. The van der Waals surface area contributed by atoms with Crippen molar-refractivity contribution in [2.45, 2.75) is 0 Å². The molecule has 0 heterocycles. The largest absolute Gasteiger partial charge is 0.457 e. The third kappa shape index (κ3) is 2.66. The van der Waals surface area contributed by atoms with Crippen LogP contribution in [0.25, 0.3) is 11.1 Å². The van der Waals surface area contributed by atoms with E-state index in [1.165, 1.54) is 0 Å². The van der Waals surface area contributed by atoms with E-state index in [1.807, 2.05) is 60.7 Å². The molecule has 0 spiro atoms. The van der Waals surface area contributed by atoms with Gasteiger partial charge in [-0.05, 0) is 29.8 Å². The highest BCUT2D eigenvalue weighted by molar-refractivity contribution is 5.70. The minimum absolute atomic E-state index is 0.797. The van der Waals surface area contributed by atoms with Gasteiger partial charge in [0.05, 0.1) is 0 Å². The molecular weight excluding hydrogens is 232 g/mol. The van der Waals surface area contributed by atoms with Gasteiger partial charge < -0.3 is 4.74 Å². The van der Waals surface area contributed by atoms with Crippen LogP contribution in [0.1, 0.15) is 0 Å². The van der Waals surface area contributed by atoms with Crippen molar-refractivity contribution >= 4 is 0 Å². The number of para-hydroxylation sites is 1. The van der Waals surface area contributed by atoms with Crippen LogP contribution in [0.15, 0.2) is 78.9 Å². The Labute approximate surface area is 113 Å². The van der Waals surface area contributed by atoms with Crippen molar-refractivity contribution in [2.24, 2.45) is 0 Å². The summed E-state index contributed by atoms with van der Waals surface area (Å²) in [6.07, 6.45) is 0. The van der Waals surface area contributed by atoms with Gasteiger partial charge in [0.2, 0.25) is 0 Å². The first-order chi connectivity index (χ1) is 9.43. The lowest BCUT2D eigenvalue weighted by Gasteiger charge is -2.11. The molecule has 0 aliphatic rings. The van der Waals surface area contributed by atoms with E-state index in [2.05, 4.69) is 24.3 Å². The third-order valence-corrected chi connectivity index (χ3v) is 2.88. The van der Waals surface area contributed by atoms with Gasteiger partial charge in [0.15, 0.2) is 0 Å². The fourth-order valence-electron chi connectivity index (χ4n) is 1.98. The maximum absolute atomic E-state index is 5.93. The molecule has 1 radical (unpaired) electrons. The molecule has 0 N–H and O–H groups in total. The molecule has 0 saturated heterocycles. The molecule has 0 atom stereocenters. The van der Waals surface area contributed by atoms with E-state index >= 15 is 0 Å². The number of ether oxygens (including phenoxy) is 1. The fraction of sp³-hybridized carbons (Fsp3) is 0. The Morgan fingerprint density at radius 1 is 0.737 bits per heavy atom. The summed E-state index contributed by atoms with van der Waals surface area (Å²) in [5.74, 6) is 1.65. The average Bonchev–Trinajstić information content (AvgIpc) is 2.50. The highest BCUT2D eigenvalue weighted by atomic mass is 16.5. The van der Waals surface area contributed by atoms with Crippen LogP contribution in [0.2, 0.25) is 0 Å². The Hall–Kier alpha value is -2.54. The van der Waals surface area contributed by atoms with Crippen molar-refractivity contribution in [2.75, 3.05) is 0 Å². The van der Waals surface area contributed by atoms with Gasteiger partial charge >= 0.3 is 0 Å². The van der Waals surface area contributed by atoms with Crippen molar-refractivity contribution in [1.82, 2.24) is 0 Å². The van der Waals surface area contributed by atoms with Gasteiger partial charge in [0.25, 0.3) is 0 Å². The second-order valence-electron chi connectivity index (χ2n) is 4.20. The Morgan fingerprint density at radius 3 is 2.32 bits per heavy atom. The van der Waals surface area contributed by atoms with E-state index < -0.39 is 0 Å². The standard InChI is InChI=1S/C18H13O/c1-3-9-15(10-4-1)17-13-7-8-14-18(17)19-16-11-5-2-6-12-16/h1-5,7-14H. The van der Waals surface area contributed by atoms with Crippen LogP contribution in [0.4, 0.5) is 0 Å². The van der Waals surface area contributed by atoms with Crippen LogP contribution in [-0.2, 0) is 0 Å². The van der Waals surface area contributed by atoms with Crippen molar-refractivity contribution < 1.29 is 4.74 Å². The summed E-state index contributed by atoms with van der Waals surface area (Å²) in [6, 6.07) is 28.8. The van der Waals surface area contributed by atoms with Gasteiger partial charge in [-0.25, -0.2) is 0 Å². The lowest BCUT2D eigenvalue weighted by Crippen LogP contribution is -1.87. The maximum Gasteiger partial charge on any atom is 0.135 e. The maximum atomic E-state index is 5.93. The van der Waals surface area contributed by atoms with Gasteiger partial charge in [-0.3, -0.25) is 0 Å². The van der Waals surface area contributed by atoms with E-state index in [9.17, 15) is 0 Å². The summed E-state index contributed by atoms with van der Waals surface area (Å²) >= 11 is 0. The predicted molar refractivity (Wildman–Crippen MR) is 77.2 cm³/mol. The summed E-state index contributed by atoms with van der Waals surface area (Å²) in [5, 5.41) is 0. The average molecular weight is 245 g/mol. The van der Waals surface area contributed by atoms with Crippen LogP contribution in [0.5, 0.6) is 11.5 Å². The summed E-state index contributed by atoms with van der Waals surface area (Å²) in [7, 11) is 0. The van der Waals surface area contributed by atoms with Crippen LogP contribution < -0.4 is 4.74 Å². The van der Waals surface area contributed by atoms with Gasteiger partial charge in [-0.1, -0.05) is 60.7 Å². The number of hydrogen-bond acceptors (Lipinski definition) is 1. The summed E-state index contributed by atoms with van der Waals surface area (Å²) in [4.78, 5) is 0. The zero-order valence-corrected chi connectivity index (χ0v) is 10.4. The molecule has 1 heteroatoms. The molecule has 1 nitrogen and oxygen atoms in total. The van der Waals surface area contributed by atoms with E-state index in [1.54, 1.807) is 0 Å². The Kier molecular flexibility index (Phi) is 3.28. The van der Waals surface area contributed by atoms with Crippen LogP contribution in [0, 0.1) is 6.07 Å². The molecule has 0 aliphatic heterocycles. The molecule has 0 amide bonds. The van der Waals surface area contributed by atoms with Gasteiger partial charge in [0, 0.05) is 5.56 Å². The molecule has 0 saturated carbocycles. The van der Waals surface area contributed by atoms with Crippen molar-refractivity contribution in [3.05, 3.63) is 84.9 Å². The number of benzene rings is 3. The lowest BCUT2D eigenvalue weighted by molar-refractivity contribution is 0.484. The monoisotopic (exact) mass is 245 g/mol. The Balaban J connectivity index is 1.99. The van der Waals surface area contributed by atoms with Gasteiger partial charge in [-0.15, -0.1) is 0 Å². The summed E-state index contributed by atoms with van der Waals surface area (Å²) < 4.78 is 5.93. The first-order valence-electron chi connectivity index (χ1n) is 6.22. The second-order valence-corrected chi connectivity index (χ2v) is 4.20. The van der Waals surface area contributed by atoms with E-state index in [4.69, 9.17) is 4.74 Å². The molecule has 0 unspecified atom stereocenters. The minimum atomic E-state index is 0.797. The van der Waals surface area contributed by atoms with Gasteiger partial charge in [-0.2, -0.15) is 0 Å². The molecule has 3 aromatic carbocycles. The number of hydrogen-bond donors (Lipinski definition) is 0. The normalized spacial score (nSPS) is 10.1. The first-order valence-corrected chi connectivity index (χ1v) is 6.22.